The van der Waals surface area contributed by atoms with E-state index >= 15 is 0 Å². The van der Waals surface area contributed by atoms with Crippen molar-refractivity contribution in [2.45, 2.75) is 19.4 Å². The maximum absolute atomic E-state index is 12.4. The van der Waals surface area contributed by atoms with Gasteiger partial charge in [-0.3, -0.25) is 19.3 Å². The Labute approximate surface area is 153 Å². The molecule has 0 atom stereocenters. The number of nitrogens with zero attached hydrogens (tertiary/aromatic N) is 2. The highest BCUT2D eigenvalue weighted by atomic mass is 32.1. The number of imide groups is 1. The first kappa shape index (κ1) is 16.4. The average molecular weight is 365 g/mol. The number of amides is 3. The maximum atomic E-state index is 12.4. The lowest BCUT2D eigenvalue weighted by Crippen LogP contribution is -2.29. The van der Waals surface area contributed by atoms with Crippen molar-refractivity contribution >= 4 is 45.0 Å². The first-order valence-electron chi connectivity index (χ1n) is 8.20. The molecular formula is C19H15N3O3S. The van der Waals surface area contributed by atoms with Gasteiger partial charge in [0.15, 0.2) is 0 Å². The van der Waals surface area contributed by atoms with Crippen LogP contribution in [0.4, 0.5) is 5.69 Å². The summed E-state index contributed by atoms with van der Waals surface area (Å²) in [5, 5.41) is 3.66. The lowest BCUT2D eigenvalue weighted by atomic mass is 10.1. The summed E-state index contributed by atoms with van der Waals surface area (Å²) in [6, 6.07) is 14.4. The number of hydrogen-bond acceptors (Lipinski definition) is 5. The summed E-state index contributed by atoms with van der Waals surface area (Å²) in [4.78, 5) is 41.8. The van der Waals surface area contributed by atoms with E-state index in [2.05, 4.69) is 10.3 Å². The van der Waals surface area contributed by atoms with Crippen molar-refractivity contribution in [2.24, 2.45) is 0 Å². The maximum Gasteiger partial charge on any atom is 0.251 e. The van der Waals surface area contributed by atoms with E-state index in [0.29, 0.717) is 17.8 Å². The quantitative estimate of drug-likeness (QED) is 0.721. The molecule has 1 saturated heterocycles. The summed E-state index contributed by atoms with van der Waals surface area (Å²) in [6.07, 6.45) is 0.430. The van der Waals surface area contributed by atoms with Gasteiger partial charge in [0.05, 0.1) is 22.4 Å². The summed E-state index contributed by atoms with van der Waals surface area (Å²) in [5.74, 6) is -0.741. The van der Waals surface area contributed by atoms with Crippen molar-refractivity contribution in [1.82, 2.24) is 10.3 Å². The number of nitrogens with one attached hydrogen (secondary N) is 1. The summed E-state index contributed by atoms with van der Waals surface area (Å²) < 4.78 is 1.07. The molecule has 1 aliphatic heterocycles. The van der Waals surface area contributed by atoms with E-state index < -0.39 is 0 Å². The Hall–Kier alpha value is -3.06. The van der Waals surface area contributed by atoms with Crippen LogP contribution >= 0.6 is 11.3 Å². The van der Waals surface area contributed by atoms with Gasteiger partial charge in [-0.1, -0.05) is 18.2 Å². The van der Waals surface area contributed by atoms with Gasteiger partial charge in [0, 0.05) is 18.4 Å². The molecule has 26 heavy (non-hydrogen) atoms. The van der Waals surface area contributed by atoms with Crippen molar-refractivity contribution in [1.29, 1.82) is 0 Å². The number of hydrogen-bond donors (Lipinski definition) is 1. The minimum Gasteiger partial charge on any atom is -0.346 e. The Morgan fingerprint density at radius 1 is 1.08 bits per heavy atom. The smallest absolute Gasteiger partial charge is 0.251 e. The molecular weight excluding hydrogens is 350 g/mol. The first-order chi connectivity index (χ1) is 12.6. The van der Waals surface area contributed by atoms with Crippen LogP contribution in [0.2, 0.25) is 0 Å². The zero-order valence-corrected chi connectivity index (χ0v) is 14.6. The number of fused-ring (bicyclic) bond motifs is 1. The van der Waals surface area contributed by atoms with Crippen LogP contribution in [-0.2, 0) is 16.1 Å². The third-order valence-electron chi connectivity index (χ3n) is 4.16. The number of aromatic nitrogens is 1. The van der Waals surface area contributed by atoms with Crippen LogP contribution < -0.4 is 10.2 Å². The molecule has 0 radical (unpaired) electrons. The van der Waals surface area contributed by atoms with Gasteiger partial charge in [0.25, 0.3) is 5.91 Å². The van der Waals surface area contributed by atoms with Gasteiger partial charge in [0.1, 0.15) is 5.01 Å². The minimum atomic E-state index is -0.273. The van der Waals surface area contributed by atoms with Crippen LogP contribution in [0.15, 0.2) is 48.5 Å². The summed E-state index contributed by atoms with van der Waals surface area (Å²) in [7, 11) is 0. The number of anilines is 1. The molecule has 4 rings (SSSR count). The van der Waals surface area contributed by atoms with Crippen LogP contribution in [0.3, 0.4) is 0 Å². The number of thiazole rings is 1. The average Bonchev–Trinajstić information content (AvgIpc) is 3.22. The molecule has 1 aliphatic rings. The summed E-state index contributed by atoms with van der Waals surface area (Å²) >= 11 is 1.54. The molecule has 6 nitrogen and oxygen atoms in total. The molecule has 1 N–H and O–H groups in total. The second-order valence-corrected chi connectivity index (χ2v) is 7.05. The van der Waals surface area contributed by atoms with E-state index in [0.717, 1.165) is 20.1 Å². The molecule has 1 fully saturated rings. The molecule has 3 aromatic rings. The lowest BCUT2D eigenvalue weighted by molar-refractivity contribution is -0.121. The summed E-state index contributed by atoms with van der Waals surface area (Å²) in [5.41, 5.74) is 1.75. The van der Waals surface area contributed by atoms with E-state index in [1.807, 2.05) is 24.3 Å². The first-order valence-corrected chi connectivity index (χ1v) is 9.02. The van der Waals surface area contributed by atoms with Crippen molar-refractivity contribution in [3.05, 3.63) is 59.1 Å². The Morgan fingerprint density at radius 3 is 2.62 bits per heavy atom. The van der Waals surface area contributed by atoms with Gasteiger partial charge >= 0.3 is 0 Å². The van der Waals surface area contributed by atoms with Crippen LogP contribution in [0.1, 0.15) is 28.2 Å². The predicted molar refractivity (Wildman–Crippen MR) is 99.0 cm³/mol. The summed E-state index contributed by atoms with van der Waals surface area (Å²) in [6.45, 7) is 0.323. The Bertz CT molecular complexity index is 979. The van der Waals surface area contributed by atoms with Gasteiger partial charge < -0.3 is 5.32 Å². The fraction of sp³-hybridized carbons (Fsp3) is 0.158. The molecule has 0 aliphatic carbocycles. The monoisotopic (exact) mass is 365 g/mol. The van der Waals surface area contributed by atoms with Crippen LogP contribution in [-0.4, -0.2) is 22.7 Å². The fourth-order valence-electron chi connectivity index (χ4n) is 2.90. The van der Waals surface area contributed by atoms with Gasteiger partial charge in [-0.25, -0.2) is 4.98 Å². The zero-order valence-electron chi connectivity index (χ0n) is 13.8. The molecule has 0 saturated carbocycles. The number of carbonyl (C=O) groups is 3. The number of para-hydroxylation sites is 1. The van der Waals surface area contributed by atoms with Gasteiger partial charge in [-0.05, 0) is 30.3 Å². The van der Waals surface area contributed by atoms with E-state index in [1.54, 1.807) is 24.3 Å². The van der Waals surface area contributed by atoms with Gasteiger partial charge in [-0.2, -0.15) is 0 Å². The van der Waals surface area contributed by atoms with E-state index in [4.69, 9.17) is 0 Å². The van der Waals surface area contributed by atoms with Crippen LogP contribution in [0, 0.1) is 0 Å². The lowest BCUT2D eigenvalue weighted by Gasteiger charge is -2.14. The van der Waals surface area contributed by atoms with Crippen molar-refractivity contribution in [3.8, 4) is 0 Å². The third kappa shape index (κ3) is 3.09. The van der Waals surface area contributed by atoms with E-state index in [9.17, 15) is 14.4 Å². The second kappa shape index (κ2) is 6.68. The fourth-order valence-corrected chi connectivity index (χ4v) is 3.81. The highest BCUT2D eigenvalue weighted by Gasteiger charge is 2.30. The molecule has 130 valence electrons. The molecule has 0 bridgehead atoms. The largest absolute Gasteiger partial charge is 0.346 e. The van der Waals surface area contributed by atoms with Crippen LogP contribution in [0.5, 0.6) is 0 Å². The predicted octanol–water partition coefficient (Wildman–Crippen LogP) is 2.88. The van der Waals surface area contributed by atoms with E-state index in [1.165, 1.54) is 11.3 Å². The SMILES string of the molecule is O=C(NCc1nc2ccccc2s1)c1cccc(N2C(=O)CCC2=O)c1. The molecule has 3 amide bonds. The van der Waals surface area contributed by atoms with Crippen molar-refractivity contribution in [3.63, 3.8) is 0 Å². The molecule has 2 aromatic carbocycles. The molecule has 0 unspecified atom stereocenters. The number of benzene rings is 2. The number of carbonyl (C=O) groups excluding carboxylic acids is 3. The van der Waals surface area contributed by atoms with E-state index in [-0.39, 0.29) is 30.6 Å². The highest BCUT2D eigenvalue weighted by Crippen LogP contribution is 2.24. The topological polar surface area (TPSA) is 79.4 Å². The normalized spacial score (nSPS) is 14.2. The standard InChI is InChI=1S/C19H15N3O3S/c23-17-8-9-18(24)22(17)13-5-3-4-12(10-13)19(25)20-11-16-21-14-6-1-2-7-15(14)26-16/h1-7,10H,8-9,11H2,(H,20,25). The molecule has 0 spiro atoms. The third-order valence-corrected chi connectivity index (χ3v) is 5.19. The minimum absolute atomic E-state index is 0.215. The van der Waals surface area contributed by atoms with Gasteiger partial charge in [0.2, 0.25) is 11.8 Å². The Kier molecular flexibility index (Phi) is 4.22. The molecule has 7 heteroatoms. The molecule has 1 aromatic heterocycles. The zero-order chi connectivity index (χ0) is 18.1. The van der Waals surface area contributed by atoms with Crippen molar-refractivity contribution in [2.75, 3.05) is 4.90 Å². The Balaban J connectivity index is 1.48. The highest BCUT2D eigenvalue weighted by molar-refractivity contribution is 7.18. The Morgan fingerprint density at radius 2 is 1.85 bits per heavy atom. The van der Waals surface area contributed by atoms with Crippen molar-refractivity contribution < 1.29 is 14.4 Å². The van der Waals surface area contributed by atoms with Crippen LogP contribution in [0.25, 0.3) is 10.2 Å². The molecule has 2 heterocycles. The van der Waals surface area contributed by atoms with Gasteiger partial charge in [-0.15, -0.1) is 11.3 Å². The number of rotatable bonds is 4. The second-order valence-electron chi connectivity index (χ2n) is 5.93.